The Labute approximate surface area is 121 Å². The van der Waals surface area contributed by atoms with E-state index in [1.54, 1.807) is 0 Å². The van der Waals surface area contributed by atoms with E-state index in [1.807, 2.05) is 0 Å². The predicted molar refractivity (Wildman–Crippen MR) is 80.9 cm³/mol. The van der Waals surface area contributed by atoms with Crippen molar-refractivity contribution in [1.29, 1.82) is 0 Å². The van der Waals surface area contributed by atoms with Crippen molar-refractivity contribution in [2.75, 3.05) is 19.8 Å². The van der Waals surface area contributed by atoms with Crippen molar-refractivity contribution in [2.45, 2.75) is 39.2 Å². The minimum absolute atomic E-state index is 0.508. The molecular weight excluding hydrogens is 258 g/mol. The molecule has 0 aromatic heterocycles. The quantitative estimate of drug-likeness (QED) is 0.890. The molecular formula is C16H24ClNO. The standard InChI is InChI=1S/C16H24ClNO/c1-3-18-16(13-6-8-19-9-7-13)11-14-5-4-12(2)10-15(14)17/h4-5,10,13,16,18H,3,6-9,11H2,1-2H3. The fraction of sp³-hybridized carbons (Fsp3) is 0.625. The van der Waals surface area contributed by atoms with Crippen LogP contribution in [0.5, 0.6) is 0 Å². The maximum atomic E-state index is 6.36. The molecule has 1 aliphatic heterocycles. The molecule has 0 saturated carbocycles. The van der Waals surface area contributed by atoms with E-state index < -0.39 is 0 Å². The second-order valence-electron chi connectivity index (χ2n) is 5.41. The van der Waals surface area contributed by atoms with Gasteiger partial charge in [-0.25, -0.2) is 0 Å². The highest BCUT2D eigenvalue weighted by molar-refractivity contribution is 6.31. The average Bonchev–Trinajstić information content (AvgIpc) is 2.42. The first-order valence-electron chi connectivity index (χ1n) is 7.27. The van der Waals surface area contributed by atoms with E-state index in [2.05, 4.69) is 37.4 Å². The topological polar surface area (TPSA) is 21.3 Å². The van der Waals surface area contributed by atoms with Crippen molar-refractivity contribution >= 4 is 11.6 Å². The molecule has 0 aliphatic carbocycles. The zero-order valence-electron chi connectivity index (χ0n) is 11.9. The van der Waals surface area contributed by atoms with Gasteiger partial charge in [-0.1, -0.05) is 30.7 Å². The van der Waals surface area contributed by atoms with Crippen LogP contribution < -0.4 is 5.32 Å². The first-order chi connectivity index (χ1) is 9.20. The summed E-state index contributed by atoms with van der Waals surface area (Å²) in [6.07, 6.45) is 3.32. The van der Waals surface area contributed by atoms with E-state index in [0.29, 0.717) is 12.0 Å². The van der Waals surface area contributed by atoms with Crippen LogP contribution in [0.2, 0.25) is 5.02 Å². The third kappa shape index (κ3) is 4.20. The molecule has 1 aromatic carbocycles. The van der Waals surface area contributed by atoms with Crippen molar-refractivity contribution in [3.8, 4) is 0 Å². The second kappa shape index (κ2) is 7.28. The maximum Gasteiger partial charge on any atom is 0.0469 e. The second-order valence-corrected chi connectivity index (χ2v) is 5.82. The summed E-state index contributed by atoms with van der Waals surface area (Å²) in [6, 6.07) is 6.88. The average molecular weight is 282 g/mol. The third-order valence-corrected chi connectivity index (χ3v) is 4.30. The lowest BCUT2D eigenvalue weighted by molar-refractivity contribution is 0.0540. The fourth-order valence-corrected chi connectivity index (χ4v) is 3.15. The summed E-state index contributed by atoms with van der Waals surface area (Å²) in [6.45, 7) is 7.05. The van der Waals surface area contributed by atoms with E-state index in [1.165, 1.54) is 11.1 Å². The molecule has 1 fully saturated rings. The van der Waals surface area contributed by atoms with E-state index in [-0.39, 0.29) is 0 Å². The van der Waals surface area contributed by atoms with E-state index in [4.69, 9.17) is 16.3 Å². The molecule has 1 atom stereocenters. The predicted octanol–water partition coefficient (Wildman–Crippen LogP) is 3.60. The Kier molecular flexibility index (Phi) is 5.68. The third-order valence-electron chi connectivity index (χ3n) is 3.95. The molecule has 1 heterocycles. The minimum Gasteiger partial charge on any atom is -0.381 e. The van der Waals surface area contributed by atoms with Crippen LogP contribution in [0, 0.1) is 12.8 Å². The van der Waals surface area contributed by atoms with E-state index >= 15 is 0 Å². The lowest BCUT2D eigenvalue weighted by Gasteiger charge is -2.31. The van der Waals surface area contributed by atoms with E-state index in [9.17, 15) is 0 Å². The van der Waals surface area contributed by atoms with Gasteiger partial charge in [-0.15, -0.1) is 0 Å². The number of hydrogen-bond donors (Lipinski definition) is 1. The highest BCUT2D eigenvalue weighted by Crippen LogP contribution is 2.25. The van der Waals surface area contributed by atoms with Gasteiger partial charge in [0.15, 0.2) is 0 Å². The highest BCUT2D eigenvalue weighted by atomic mass is 35.5. The molecule has 1 aromatic rings. The van der Waals surface area contributed by atoms with Crippen LogP contribution in [-0.4, -0.2) is 25.8 Å². The summed E-state index contributed by atoms with van der Waals surface area (Å²) in [5.74, 6) is 0.700. The molecule has 1 saturated heterocycles. The van der Waals surface area contributed by atoms with Gasteiger partial charge in [-0.3, -0.25) is 0 Å². The van der Waals surface area contributed by atoms with Crippen molar-refractivity contribution in [3.63, 3.8) is 0 Å². The molecule has 3 heteroatoms. The van der Waals surface area contributed by atoms with Gasteiger partial charge in [0.25, 0.3) is 0 Å². The van der Waals surface area contributed by atoms with Gasteiger partial charge in [0.1, 0.15) is 0 Å². The number of nitrogens with one attached hydrogen (secondary N) is 1. The fourth-order valence-electron chi connectivity index (χ4n) is 2.84. The van der Waals surface area contributed by atoms with Gasteiger partial charge in [-0.2, -0.15) is 0 Å². The number of hydrogen-bond acceptors (Lipinski definition) is 2. The molecule has 1 aliphatic rings. The number of aryl methyl sites for hydroxylation is 1. The Balaban J connectivity index is 2.06. The molecule has 0 amide bonds. The van der Waals surface area contributed by atoms with Gasteiger partial charge < -0.3 is 10.1 Å². The van der Waals surface area contributed by atoms with E-state index in [0.717, 1.165) is 44.0 Å². The molecule has 19 heavy (non-hydrogen) atoms. The highest BCUT2D eigenvalue weighted by Gasteiger charge is 2.24. The van der Waals surface area contributed by atoms with Gasteiger partial charge in [0.05, 0.1) is 0 Å². The maximum absolute atomic E-state index is 6.36. The van der Waals surface area contributed by atoms with Crippen LogP contribution in [0.1, 0.15) is 30.9 Å². The van der Waals surface area contributed by atoms with Crippen LogP contribution in [0.15, 0.2) is 18.2 Å². The number of likely N-dealkylation sites (N-methyl/N-ethyl adjacent to an activating group) is 1. The molecule has 0 radical (unpaired) electrons. The molecule has 106 valence electrons. The molecule has 1 N–H and O–H groups in total. The summed E-state index contributed by atoms with van der Waals surface area (Å²) in [5.41, 5.74) is 2.48. The Bertz CT molecular complexity index is 402. The Morgan fingerprint density at radius 3 is 2.74 bits per heavy atom. The first kappa shape index (κ1) is 14.8. The molecule has 0 bridgehead atoms. The minimum atomic E-state index is 0.508. The zero-order chi connectivity index (χ0) is 13.7. The van der Waals surface area contributed by atoms with Crippen LogP contribution >= 0.6 is 11.6 Å². The number of halogens is 1. The molecule has 2 rings (SSSR count). The largest absolute Gasteiger partial charge is 0.381 e. The summed E-state index contributed by atoms with van der Waals surface area (Å²) in [4.78, 5) is 0. The Morgan fingerprint density at radius 1 is 1.37 bits per heavy atom. The van der Waals surface area contributed by atoms with Crippen LogP contribution in [0.3, 0.4) is 0 Å². The van der Waals surface area contributed by atoms with Crippen LogP contribution in [0.25, 0.3) is 0 Å². The Hall–Kier alpha value is -0.570. The number of benzene rings is 1. The van der Waals surface area contributed by atoms with Gasteiger partial charge in [0.2, 0.25) is 0 Å². The summed E-state index contributed by atoms with van der Waals surface area (Å²) >= 11 is 6.36. The summed E-state index contributed by atoms with van der Waals surface area (Å²) in [5, 5.41) is 4.53. The summed E-state index contributed by atoms with van der Waals surface area (Å²) in [7, 11) is 0. The zero-order valence-corrected chi connectivity index (χ0v) is 12.7. The van der Waals surface area contributed by atoms with Crippen LogP contribution in [-0.2, 0) is 11.2 Å². The first-order valence-corrected chi connectivity index (χ1v) is 7.64. The molecule has 0 spiro atoms. The summed E-state index contributed by atoms with van der Waals surface area (Å²) < 4.78 is 5.46. The lowest BCUT2D eigenvalue weighted by Crippen LogP contribution is -2.40. The van der Waals surface area contributed by atoms with Crippen LogP contribution in [0.4, 0.5) is 0 Å². The lowest BCUT2D eigenvalue weighted by atomic mass is 9.87. The van der Waals surface area contributed by atoms with Crippen molar-refractivity contribution in [3.05, 3.63) is 34.3 Å². The van der Waals surface area contributed by atoms with Crippen molar-refractivity contribution in [2.24, 2.45) is 5.92 Å². The molecule has 2 nitrogen and oxygen atoms in total. The Morgan fingerprint density at radius 2 is 2.11 bits per heavy atom. The van der Waals surface area contributed by atoms with Gasteiger partial charge in [0, 0.05) is 24.3 Å². The smallest absolute Gasteiger partial charge is 0.0469 e. The normalized spacial score (nSPS) is 18.5. The van der Waals surface area contributed by atoms with Crippen molar-refractivity contribution in [1.82, 2.24) is 5.32 Å². The number of ether oxygens (including phenoxy) is 1. The number of rotatable bonds is 5. The van der Waals surface area contributed by atoms with Gasteiger partial charge in [-0.05, 0) is 55.8 Å². The molecule has 1 unspecified atom stereocenters. The van der Waals surface area contributed by atoms with Crippen molar-refractivity contribution < 1.29 is 4.74 Å². The monoisotopic (exact) mass is 281 g/mol. The van der Waals surface area contributed by atoms with Gasteiger partial charge >= 0.3 is 0 Å². The SMILES string of the molecule is CCNC(Cc1ccc(C)cc1Cl)C1CCOCC1.